The van der Waals surface area contributed by atoms with Crippen molar-refractivity contribution in [1.82, 2.24) is 0 Å². The maximum Gasteiger partial charge on any atom is 0.0546 e. The molecule has 0 aromatic heterocycles. The summed E-state index contributed by atoms with van der Waals surface area (Å²) in [5.74, 6) is 0. The summed E-state index contributed by atoms with van der Waals surface area (Å²) in [6.45, 7) is 4.79. The van der Waals surface area contributed by atoms with E-state index in [2.05, 4.69) is 243 Å². The topological polar surface area (TPSA) is 3.24 Å². The zero-order valence-corrected chi connectivity index (χ0v) is 34.8. The normalized spacial score (nSPS) is 12.8. The molecule has 0 heterocycles. The molecule has 0 atom stereocenters. The van der Waals surface area contributed by atoms with Gasteiger partial charge in [-0.25, -0.2) is 0 Å². The van der Waals surface area contributed by atoms with Gasteiger partial charge in [-0.05, 0) is 118 Å². The third-order valence-corrected chi connectivity index (χ3v) is 13.4. The Morgan fingerprint density at radius 2 is 0.661 bits per heavy atom. The third kappa shape index (κ3) is 5.77. The summed E-state index contributed by atoms with van der Waals surface area (Å²) < 4.78 is 0. The highest BCUT2D eigenvalue weighted by atomic mass is 15.1. The van der Waals surface area contributed by atoms with Crippen LogP contribution in [0.15, 0.2) is 224 Å². The van der Waals surface area contributed by atoms with Gasteiger partial charge in [0.2, 0.25) is 0 Å². The molecule has 0 saturated heterocycles. The highest BCUT2D eigenvalue weighted by molar-refractivity contribution is 6.18. The first kappa shape index (κ1) is 36.1. The summed E-state index contributed by atoms with van der Waals surface area (Å²) in [5.41, 5.74) is 16.0. The van der Waals surface area contributed by atoms with Crippen LogP contribution in [0.3, 0.4) is 0 Å². The van der Waals surface area contributed by atoms with E-state index in [4.69, 9.17) is 0 Å². The predicted octanol–water partition coefficient (Wildman–Crippen LogP) is 17.1. The Labute approximate surface area is 362 Å². The van der Waals surface area contributed by atoms with E-state index >= 15 is 0 Å². The van der Waals surface area contributed by atoms with Crippen LogP contribution in [0.4, 0.5) is 17.1 Å². The summed E-state index contributed by atoms with van der Waals surface area (Å²) in [5, 5.41) is 9.96. The Bertz CT molecular complexity index is 3400. The van der Waals surface area contributed by atoms with Crippen molar-refractivity contribution in [3.63, 3.8) is 0 Å². The molecule has 1 aliphatic rings. The molecule has 0 unspecified atom stereocenters. The van der Waals surface area contributed by atoms with Crippen LogP contribution in [0.25, 0.3) is 87.6 Å². The molecule has 292 valence electrons. The van der Waals surface area contributed by atoms with E-state index in [0.29, 0.717) is 0 Å². The van der Waals surface area contributed by atoms with Crippen molar-refractivity contribution < 1.29 is 0 Å². The van der Waals surface area contributed by atoms with Crippen molar-refractivity contribution in [1.29, 1.82) is 0 Å². The molecule has 12 rings (SSSR count). The second-order valence-electron chi connectivity index (χ2n) is 17.3. The molecule has 0 amide bonds. The molecule has 0 aliphatic heterocycles. The van der Waals surface area contributed by atoms with Crippen LogP contribution < -0.4 is 4.90 Å². The number of hydrogen-bond acceptors (Lipinski definition) is 1. The molecule has 0 fully saturated rings. The van der Waals surface area contributed by atoms with Gasteiger partial charge in [0.25, 0.3) is 0 Å². The molecule has 0 spiro atoms. The van der Waals surface area contributed by atoms with Crippen molar-refractivity contribution in [2.75, 3.05) is 4.90 Å². The largest absolute Gasteiger partial charge is 0.309 e. The minimum atomic E-state index is -0.223. The van der Waals surface area contributed by atoms with Crippen LogP contribution in [0, 0.1) is 0 Å². The molecule has 11 aromatic rings. The molecule has 0 radical (unpaired) electrons. The number of hydrogen-bond donors (Lipinski definition) is 0. The maximum atomic E-state index is 2.53. The fraction of sp³-hybridized carbons (Fsp3) is 0.0492. The van der Waals surface area contributed by atoms with Crippen LogP contribution >= 0.6 is 0 Å². The van der Waals surface area contributed by atoms with Gasteiger partial charge in [-0.3, -0.25) is 0 Å². The number of rotatable bonds is 6. The number of fused-ring (bicyclic) bond motifs is 9. The Kier molecular flexibility index (Phi) is 8.27. The first-order valence-corrected chi connectivity index (χ1v) is 21.7. The standard InChI is InChI=1S/C61H43N/c1-61(2)57-36-45(44-30-28-43(29-31-44)42-26-24-41(25-27-42)40-14-4-3-5-15-40)32-34-53(57)54-35-33-48(39-58(54)61)62(59-37-46-16-6-8-18-49(46)51-20-10-12-22-55(51)59)60-38-47-17-7-9-19-50(47)52-21-11-13-23-56(52)60/h3-39H,1-2H3. The van der Waals surface area contributed by atoms with E-state index in [1.54, 1.807) is 0 Å². The fourth-order valence-corrected chi connectivity index (χ4v) is 10.2. The Hall–Kier alpha value is -7.74. The molecular formula is C61H43N. The lowest BCUT2D eigenvalue weighted by Crippen LogP contribution is -2.17. The minimum absolute atomic E-state index is 0.223. The lowest BCUT2D eigenvalue weighted by Gasteiger charge is -2.31. The van der Waals surface area contributed by atoms with Crippen LogP contribution in [0.1, 0.15) is 25.0 Å². The summed E-state index contributed by atoms with van der Waals surface area (Å²) in [6, 6.07) is 83.0. The van der Waals surface area contributed by atoms with Gasteiger partial charge in [0, 0.05) is 21.9 Å². The van der Waals surface area contributed by atoms with E-state index in [0.717, 1.165) is 5.69 Å². The highest BCUT2D eigenvalue weighted by Crippen LogP contribution is 2.53. The average molecular weight is 790 g/mol. The lowest BCUT2D eigenvalue weighted by molar-refractivity contribution is 0.660. The molecule has 1 nitrogen and oxygen atoms in total. The molecule has 11 aromatic carbocycles. The zero-order valence-electron chi connectivity index (χ0n) is 34.8. The molecule has 0 saturated carbocycles. The smallest absolute Gasteiger partial charge is 0.0546 e. The van der Waals surface area contributed by atoms with Gasteiger partial charge >= 0.3 is 0 Å². The number of benzene rings is 11. The molecule has 0 N–H and O–H groups in total. The molecule has 0 bridgehead atoms. The number of nitrogens with zero attached hydrogens (tertiary/aromatic N) is 1. The van der Waals surface area contributed by atoms with Gasteiger partial charge < -0.3 is 4.90 Å². The van der Waals surface area contributed by atoms with Crippen molar-refractivity contribution >= 4 is 60.2 Å². The van der Waals surface area contributed by atoms with E-state index in [1.807, 2.05) is 0 Å². The molecule has 1 aliphatic carbocycles. The van der Waals surface area contributed by atoms with Crippen LogP contribution in [0.5, 0.6) is 0 Å². The van der Waals surface area contributed by atoms with Gasteiger partial charge in [-0.1, -0.05) is 208 Å². The Morgan fingerprint density at radius 1 is 0.290 bits per heavy atom. The fourth-order valence-electron chi connectivity index (χ4n) is 10.2. The van der Waals surface area contributed by atoms with Crippen molar-refractivity contribution in [3.8, 4) is 44.5 Å². The molecule has 1 heteroatoms. The third-order valence-electron chi connectivity index (χ3n) is 13.4. The first-order valence-electron chi connectivity index (χ1n) is 21.7. The average Bonchev–Trinajstić information content (AvgIpc) is 3.56. The van der Waals surface area contributed by atoms with E-state index < -0.39 is 0 Å². The molecular weight excluding hydrogens is 747 g/mol. The highest BCUT2D eigenvalue weighted by Gasteiger charge is 2.36. The second-order valence-corrected chi connectivity index (χ2v) is 17.3. The van der Waals surface area contributed by atoms with Crippen LogP contribution in [-0.2, 0) is 5.41 Å². The Balaban J connectivity index is 0.969. The SMILES string of the molecule is CC1(C)c2cc(-c3ccc(-c4ccc(-c5ccccc5)cc4)cc3)ccc2-c2ccc(N(c3cc4ccccc4c4ccccc34)c3cc4ccccc4c4ccccc34)cc21. The minimum Gasteiger partial charge on any atom is -0.309 e. The van der Waals surface area contributed by atoms with Gasteiger partial charge in [0.1, 0.15) is 0 Å². The summed E-state index contributed by atoms with van der Waals surface area (Å²) in [4.78, 5) is 2.53. The van der Waals surface area contributed by atoms with Gasteiger partial charge in [0.05, 0.1) is 11.4 Å². The van der Waals surface area contributed by atoms with Gasteiger partial charge in [-0.15, -0.1) is 0 Å². The van der Waals surface area contributed by atoms with Gasteiger partial charge in [-0.2, -0.15) is 0 Å². The Morgan fingerprint density at radius 3 is 1.18 bits per heavy atom. The van der Waals surface area contributed by atoms with E-state index in [1.165, 1.54) is 110 Å². The monoisotopic (exact) mass is 789 g/mol. The van der Waals surface area contributed by atoms with Crippen molar-refractivity contribution in [2.24, 2.45) is 0 Å². The van der Waals surface area contributed by atoms with Crippen LogP contribution in [0.2, 0.25) is 0 Å². The summed E-state index contributed by atoms with van der Waals surface area (Å²) in [6.07, 6.45) is 0. The number of anilines is 3. The lowest BCUT2D eigenvalue weighted by atomic mass is 9.81. The summed E-state index contributed by atoms with van der Waals surface area (Å²) in [7, 11) is 0. The second kappa shape index (κ2) is 14.2. The summed E-state index contributed by atoms with van der Waals surface area (Å²) >= 11 is 0. The van der Waals surface area contributed by atoms with Gasteiger partial charge in [0.15, 0.2) is 0 Å². The quantitative estimate of drug-likeness (QED) is 0.152. The molecule has 62 heavy (non-hydrogen) atoms. The zero-order chi connectivity index (χ0) is 41.4. The van der Waals surface area contributed by atoms with Crippen molar-refractivity contribution in [2.45, 2.75) is 19.3 Å². The van der Waals surface area contributed by atoms with E-state index in [9.17, 15) is 0 Å². The van der Waals surface area contributed by atoms with E-state index in [-0.39, 0.29) is 5.41 Å². The predicted molar refractivity (Wildman–Crippen MR) is 265 cm³/mol. The van der Waals surface area contributed by atoms with Crippen molar-refractivity contribution in [3.05, 3.63) is 236 Å². The van der Waals surface area contributed by atoms with Crippen LogP contribution in [-0.4, -0.2) is 0 Å². The first-order chi connectivity index (χ1) is 30.5. The maximum absolute atomic E-state index is 2.53.